The maximum atomic E-state index is 13.7. The van der Waals surface area contributed by atoms with Crippen molar-refractivity contribution in [2.75, 3.05) is 18.0 Å². The number of aryl methyl sites for hydroxylation is 2. The summed E-state index contributed by atoms with van der Waals surface area (Å²) in [6.07, 6.45) is 1.61. The summed E-state index contributed by atoms with van der Waals surface area (Å²) in [5.74, 6) is 1.73. The Hall–Kier alpha value is -3.87. The molecule has 0 aliphatic carbocycles. The van der Waals surface area contributed by atoms with E-state index in [-0.39, 0.29) is 17.4 Å². The van der Waals surface area contributed by atoms with Crippen LogP contribution in [-0.4, -0.2) is 28.5 Å². The molecule has 0 spiro atoms. The van der Waals surface area contributed by atoms with Gasteiger partial charge in [0.15, 0.2) is 5.82 Å². The molecule has 1 atom stereocenters. The molecular formula is C28H30N4O3. The van der Waals surface area contributed by atoms with E-state index in [2.05, 4.69) is 36.5 Å². The van der Waals surface area contributed by atoms with E-state index in [1.807, 2.05) is 48.2 Å². The second kappa shape index (κ2) is 9.78. The molecule has 0 bridgehead atoms. The summed E-state index contributed by atoms with van der Waals surface area (Å²) in [5, 5.41) is 2.98. The van der Waals surface area contributed by atoms with E-state index >= 15 is 0 Å². The van der Waals surface area contributed by atoms with Crippen molar-refractivity contribution in [3.63, 3.8) is 0 Å². The molecule has 0 radical (unpaired) electrons. The van der Waals surface area contributed by atoms with Crippen molar-refractivity contribution in [1.82, 2.24) is 14.9 Å². The second-order valence-electron chi connectivity index (χ2n) is 9.32. The predicted molar refractivity (Wildman–Crippen MR) is 137 cm³/mol. The summed E-state index contributed by atoms with van der Waals surface area (Å²) in [6, 6.07) is 19.7. The molecule has 1 aliphatic rings. The minimum Gasteiger partial charge on any atom is -0.465 e. The standard InChI is InChI=1S/C28H30N4O3/c1-19-9-12-21(13-10-19)17-32-25-8-4-3-7-24(25)30-26(28(32)34)31-15-5-6-22(18-31)27(33)29-16-23-14-11-20(2)35-23/h3-4,7-14,22H,5-6,15-18H2,1-2H3,(H,29,33)/t22-/m0/s1. The normalized spacial score (nSPS) is 15.9. The van der Waals surface area contributed by atoms with Crippen LogP contribution in [0.3, 0.4) is 0 Å². The van der Waals surface area contributed by atoms with Crippen LogP contribution in [0.25, 0.3) is 11.0 Å². The van der Waals surface area contributed by atoms with E-state index in [1.165, 1.54) is 5.56 Å². The van der Waals surface area contributed by atoms with Crippen LogP contribution in [0.1, 0.15) is 35.5 Å². The van der Waals surface area contributed by atoms with Crippen LogP contribution >= 0.6 is 0 Å². The molecule has 7 heteroatoms. The zero-order chi connectivity index (χ0) is 24.4. The largest absolute Gasteiger partial charge is 0.465 e. The third-order valence-corrected chi connectivity index (χ3v) is 6.62. The monoisotopic (exact) mass is 470 g/mol. The number of carbonyl (C=O) groups excluding carboxylic acids is 1. The number of aromatic nitrogens is 2. The topological polar surface area (TPSA) is 80.4 Å². The van der Waals surface area contributed by atoms with Gasteiger partial charge < -0.3 is 14.6 Å². The first-order valence-corrected chi connectivity index (χ1v) is 12.1. The highest BCUT2D eigenvalue weighted by atomic mass is 16.3. The number of hydrogen-bond acceptors (Lipinski definition) is 5. The Morgan fingerprint density at radius 1 is 1.09 bits per heavy atom. The summed E-state index contributed by atoms with van der Waals surface area (Å²) in [6.45, 7) is 5.93. The number of nitrogens with one attached hydrogen (secondary N) is 1. The summed E-state index contributed by atoms with van der Waals surface area (Å²) in [4.78, 5) is 33.3. The number of anilines is 1. The van der Waals surface area contributed by atoms with Gasteiger partial charge in [0.1, 0.15) is 11.5 Å². The SMILES string of the molecule is Cc1ccc(Cn2c(=O)c(N3CCC[C@H](C(=O)NCc4ccc(C)o4)C3)nc3ccccc32)cc1. The number of rotatable bonds is 6. The Balaban J connectivity index is 1.40. The molecule has 180 valence electrons. The first-order valence-electron chi connectivity index (χ1n) is 12.1. The molecule has 1 saturated heterocycles. The molecule has 1 N–H and O–H groups in total. The summed E-state index contributed by atoms with van der Waals surface area (Å²) in [7, 11) is 0. The van der Waals surface area contributed by atoms with Crippen molar-refractivity contribution in [2.45, 2.75) is 39.8 Å². The number of piperidine rings is 1. The smallest absolute Gasteiger partial charge is 0.294 e. The molecule has 3 heterocycles. The van der Waals surface area contributed by atoms with Gasteiger partial charge in [-0.3, -0.25) is 14.2 Å². The number of para-hydroxylation sites is 2. The minimum atomic E-state index is -0.210. The zero-order valence-corrected chi connectivity index (χ0v) is 20.2. The van der Waals surface area contributed by atoms with Gasteiger partial charge in [-0.1, -0.05) is 42.0 Å². The molecular weight excluding hydrogens is 440 g/mol. The van der Waals surface area contributed by atoms with Crippen LogP contribution in [0.4, 0.5) is 5.82 Å². The van der Waals surface area contributed by atoms with E-state index in [1.54, 1.807) is 4.57 Å². The molecule has 4 aromatic rings. The average Bonchev–Trinajstić information content (AvgIpc) is 3.30. The number of furan rings is 1. The Kier molecular flexibility index (Phi) is 6.40. The van der Waals surface area contributed by atoms with Crippen molar-refractivity contribution in [3.8, 4) is 0 Å². The van der Waals surface area contributed by atoms with Crippen LogP contribution in [-0.2, 0) is 17.9 Å². The number of fused-ring (bicyclic) bond motifs is 1. The first kappa shape index (κ1) is 22.9. The molecule has 0 saturated carbocycles. The lowest BCUT2D eigenvalue weighted by Crippen LogP contribution is -2.45. The summed E-state index contributed by atoms with van der Waals surface area (Å²) >= 11 is 0. The number of nitrogens with zero attached hydrogens (tertiary/aromatic N) is 3. The number of carbonyl (C=O) groups is 1. The van der Waals surface area contributed by atoms with Crippen LogP contribution in [0.15, 0.2) is 69.9 Å². The van der Waals surface area contributed by atoms with Gasteiger partial charge >= 0.3 is 0 Å². The quantitative estimate of drug-likeness (QED) is 0.457. The van der Waals surface area contributed by atoms with Crippen LogP contribution in [0.2, 0.25) is 0 Å². The maximum absolute atomic E-state index is 13.7. The van der Waals surface area contributed by atoms with Crippen molar-refractivity contribution in [2.24, 2.45) is 5.92 Å². The third kappa shape index (κ3) is 4.99. The number of amides is 1. The van der Waals surface area contributed by atoms with Gasteiger partial charge in [-0.05, 0) is 56.5 Å². The molecule has 35 heavy (non-hydrogen) atoms. The Morgan fingerprint density at radius 3 is 2.66 bits per heavy atom. The lowest BCUT2D eigenvalue weighted by atomic mass is 9.97. The van der Waals surface area contributed by atoms with Gasteiger partial charge in [0.2, 0.25) is 5.91 Å². The first-order chi connectivity index (χ1) is 17.0. The van der Waals surface area contributed by atoms with E-state index < -0.39 is 0 Å². The Labute approximate surface area is 204 Å². The molecule has 1 aliphatic heterocycles. The maximum Gasteiger partial charge on any atom is 0.294 e. The predicted octanol–water partition coefficient (Wildman–Crippen LogP) is 4.19. The van der Waals surface area contributed by atoms with Gasteiger partial charge in [0, 0.05) is 13.1 Å². The third-order valence-electron chi connectivity index (χ3n) is 6.62. The van der Waals surface area contributed by atoms with E-state index in [0.29, 0.717) is 32.0 Å². The molecule has 5 rings (SSSR count). The Morgan fingerprint density at radius 2 is 1.89 bits per heavy atom. The van der Waals surface area contributed by atoms with Crippen LogP contribution in [0.5, 0.6) is 0 Å². The fourth-order valence-corrected chi connectivity index (χ4v) is 4.70. The van der Waals surface area contributed by atoms with Gasteiger partial charge in [-0.2, -0.15) is 0 Å². The summed E-state index contributed by atoms with van der Waals surface area (Å²) in [5.41, 5.74) is 3.69. The highest BCUT2D eigenvalue weighted by Gasteiger charge is 2.28. The molecule has 0 unspecified atom stereocenters. The van der Waals surface area contributed by atoms with E-state index in [0.717, 1.165) is 41.0 Å². The molecule has 1 amide bonds. The zero-order valence-electron chi connectivity index (χ0n) is 20.2. The molecule has 7 nitrogen and oxygen atoms in total. The van der Waals surface area contributed by atoms with Crippen molar-refractivity contribution in [1.29, 1.82) is 0 Å². The lowest BCUT2D eigenvalue weighted by molar-refractivity contribution is -0.125. The van der Waals surface area contributed by atoms with E-state index in [9.17, 15) is 9.59 Å². The highest BCUT2D eigenvalue weighted by Crippen LogP contribution is 2.22. The minimum absolute atomic E-state index is 0.0236. The Bertz CT molecular complexity index is 1400. The van der Waals surface area contributed by atoms with Crippen LogP contribution in [0, 0.1) is 19.8 Å². The van der Waals surface area contributed by atoms with Crippen molar-refractivity contribution < 1.29 is 9.21 Å². The van der Waals surface area contributed by atoms with Gasteiger partial charge in [0.05, 0.1) is 30.0 Å². The number of benzene rings is 2. The lowest BCUT2D eigenvalue weighted by Gasteiger charge is -2.32. The second-order valence-corrected chi connectivity index (χ2v) is 9.32. The van der Waals surface area contributed by atoms with Crippen molar-refractivity contribution in [3.05, 3.63) is 93.7 Å². The van der Waals surface area contributed by atoms with E-state index in [4.69, 9.17) is 9.40 Å². The molecule has 2 aromatic heterocycles. The fourth-order valence-electron chi connectivity index (χ4n) is 4.70. The van der Waals surface area contributed by atoms with Gasteiger partial charge in [-0.15, -0.1) is 0 Å². The number of hydrogen-bond donors (Lipinski definition) is 1. The molecule has 1 fully saturated rings. The molecule has 2 aromatic carbocycles. The summed E-state index contributed by atoms with van der Waals surface area (Å²) < 4.78 is 7.35. The fraction of sp³-hybridized carbons (Fsp3) is 0.321. The van der Waals surface area contributed by atoms with Gasteiger partial charge in [-0.25, -0.2) is 4.98 Å². The average molecular weight is 471 g/mol. The van der Waals surface area contributed by atoms with Crippen LogP contribution < -0.4 is 15.8 Å². The van der Waals surface area contributed by atoms with Gasteiger partial charge in [0.25, 0.3) is 5.56 Å². The van der Waals surface area contributed by atoms with Crippen molar-refractivity contribution >= 4 is 22.8 Å². The highest BCUT2D eigenvalue weighted by molar-refractivity contribution is 5.80.